The molecule has 0 bridgehead atoms. The van der Waals surface area contributed by atoms with Crippen molar-refractivity contribution in [1.29, 1.82) is 0 Å². The minimum absolute atomic E-state index is 0.199. The van der Waals surface area contributed by atoms with Gasteiger partial charge in [-0.25, -0.2) is 4.98 Å². The monoisotopic (exact) mass is 369 g/mol. The third kappa shape index (κ3) is 4.32. The van der Waals surface area contributed by atoms with Crippen LogP contribution in [-0.2, 0) is 0 Å². The van der Waals surface area contributed by atoms with Crippen LogP contribution in [0.15, 0.2) is 36.5 Å². The Bertz CT molecular complexity index is 794. The molecule has 6 heteroatoms. The number of nitrogens with zero attached hydrogens (tertiary/aromatic N) is 2. The number of amides is 1. The van der Waals surface area contributed by atoms with Gasteiger partial charge >= 0.3 is 0 Å². The van der Waals surface area contributed by atoms with Crippen LogP contribution in [0.4, 0.5) is 11.5 Å². The topological polar surface area (TPSA) is 63.7 Å². The third-order valence-corrected chi connectivity index (χ3v) is 5.06. The zero-order valence-electron chi connectivity index (χ0n) is 16.2. The molecule has 0 radical (unpaired) electrons. The predicted octanol–water partition coefficient (Wildman–Crippen LogP) is 4.12. The van der Waals surface area contributed by atoms with E-state index in [0.29, 0.717) is 28.8 Å². The highest BCUT2D eigenvalue weighted by Gasteiger charge is 2.23. The van der Waals surface area contributed by atoms with E-state index >= 15 is 0 Å². The van der Waals surface area contributed by atoms with Crippen LogP contribution in [0, 0.1) is 0 Å². The Morgan fingerprint density at radius 3 is 2.81 bits per heavy atom. The number of hydrogen-bond donors (Lipinski definition) is 1. The summed E-state index contributed by atoms with van der Waals surface area (Å²) in [7, 11) is 3.16. The molecule has 1 aliphatic rings. The lowest BCUT2D eigenvalue weighted by Gasteiger charge is -2.36. The van der Waals surface area contributed by atoms with Crippen LogP contribution in [0.25, 0.3) is 0 Å². The van der Waals surface area contributed by atoms with E-state index in [4.69, 9.17) is 9.47 Å². The second kappa shape index (κ2) is 8.75. The van der Waals surface area contributed by atoms with Crippen molar-refractivity contribution in [2.24, 2.45) is 0 Å². The van der Waals surface area contributed by atoms with Gasteiger partial charge in [0.25, 0.3) is 5.91 Å². The predicted molar refractivity (Wildman–Crippen MR) is 107 cm³/mol. The Balaban J connectivity index is 1.82. The van der Waals surface area contributed by atoms with Crippen molar-refractivity contribution in [1.82, 2.24) is 4.98 Å². The Kier molecular flexibility index (Phi) is 6.16. The highest BCUT2D eigenvalue weighted by molar-refractivity contribution is 6.05. The summed E-state index contributed by atoms with van der Waals surface area (Å²) in [6.07, 6.45) is 6.38. The summed E-state index contributed by atoms with van der Waals surface area (Å²) in [5.74, 6) is 1.91. The van der Waals surface area contributed by atoms with Gasteiger partial charge in [-0.1, -0.05) is 6.92 Å². The number of pyridine rings is 1. The number of carbonyl (C=O) groups is 1. The number of nitrogens with one attached hydrogen (secondary N) is 1. The quantitative estimate of drug-likeness (QED) is 0.830. The van der Waals surface area contributed by atoms with Crippen molar-refractivity contribution in [3.05, 3.63) is 42.1 Å². The first-order chi connectivity index (χ1) is 13.2. The van der Waals surface area contributed by atoms with Crippen LogP contribution in [0.1, 0.15) is 43.0 Å². The number of methoxy groups -OCH3 is 2. The van der Waals surface area contributed by atoms with E-state index < -0.39 is 0 Å². The number of carbonyl (C=O) groups excluding carboxylic acids is 1. The average Bonchev–Trinajstić information content (AvgIpc) is 2.73. The maximum atomic E-state index is 12.8. The van der Waals surface area contributed by atoms with Gasteiger partial charge in [0.1, 0.15) is 17.3 Å². The first-order valence-electron chi connectivity index (χ1n) is 9.42. The summed E-state index contributed by atoms with van der Waals surface area (Å²) in [5.41, 5.74) is 1.15. The molecule has 2 aromatic rings. The van der Waals surface area contributed by atoms with Crippen LogP contribution >= 0.6 is 0 Å². The molecule has 1 aromatic heterocycles. The summed E-state index contributed by atoms with van der Waals surface area (Å²) in [6.45, 7) is 3.19. The van der Waals surface area contributed by atoms with Crippen molar-refractivity contribution < 1.29 is 14.3 Å². The lowest BCUT2D eigenvalue weighted by molar-refractivity contribution is 0.102. The van der Waals surface area contributed by atoms with Gasteiger partial charge in [-0.2, -0.15) is 0 Å². The van der Waals surface area contributed by atoms with E-state index in [9.17, 15) is 4.79 Å². The zero-order chi connectivity index (χ0) is 19.2. The number of hydrogen-bond acceptors (Lipinski definition) is 5. The fourth-order valence-electron chi connectivity index (χ4n) is 3.55. The molecule has 144 valence electrons. The molecule has 1 saturated heterocycles. The fourth-order valence-corrected chi connectivity index (χ4v) is 3.55. The van der Waals surface area contributed by atoms with E-state index in [0.717, 1.165) is 25.2 Å². The van der Waals surface area contributed by atoms with Crippen LogP contribution in [0.3, 0.4) is 0 Å². The number of anilines is 2. The third-order valence-electron chi connectivity index (χ3n) is 5.06. The highest BCUT2D eigenvalue weighted by Crippen LogP contribution is 2.30. The molecule has 1 amide bonds. The van der Waals surface area contributed by atoms with E-state index in [-0.39, 0.29) is 5.91 Å². The largest absolute Gasteiger partial charge is 0.497 e. The average molecular weight is 369 g/mol. The second-order valence-corrected chi connectivity index (χ2v) is 6.67. The van der Waals surface area contributed by atoms with Crippen molar-refractivity contribution in [3.8, 4) is 11.5 Å². The molecular weight excluding hydrogens is 342 g/mol. The summed E-state index contributed by atoms with van der Waals surface area (Å²) in [4.78, 5) is 19.7. The Hall–Kier alpha value is -2.76. The van der Waals surface area contributed by atoms with Gasteiger partial charge < -0.3 is 19.7 Å². The molecule has 1 atom stereocenters. The second-order valence-electron chi connectivity index (χ2n) is 6.67. The molecule has 1 aliphatic heterocycles. The first-order valence-corrected chi connectivity index (χ1v) is 9.42. The van der Waals surface area contributed by atoms with Crippen molar-refractivity contribution in [2.75, 3.05) is 31.0 Å². The number of ether oxygens (including phenoxy) is 2. The fraction of sp³-hybridized carbons (Fsp3) is 0.429. The van der Waals surface area contributed by atoms with Crippen molar-refractivity contribution >= 4 is 17.4 Å². The SMILES string of the molecule is CCC1CCCCN1c1cc(C(=O)Nc2cc(OC)ccc2OC)ccn1. The molecule has 2 heterocycles. The summed E-state index contributed by atoms with van der Waals surface area (Å²) < 4.78 is 10.6. The van der Waals surface area contributed by atoms with Gasteiger partial charge in [0.2, 0.25) is 0 Å². The normalized spacial score (nSPS) is 16.7. The Morgan fingerprint density at radius 2 is 2.07 bits per heavy atom. The van der Waals surface area contributed by atoms with Crippen LogP contribution in [0.2, 0.25) is 0 Å². The Morgan fingerprint density at radius 1 is 1.22 bits per heavy atom. The maximum Gasteiger partial charge on any atom is 0.255 e. The zero-order valence-corrected chi connectivity index (χ0v) is 16.2. The number of benzene rings is 1. The van der Waals surface area contributed by atoms with Gasteiger partial charge in [-0.05, 0) is 49.9 Å². The first kappa shape index (κ1) is 19.0. The molecule has 27 heavy (non-hydrogen) atoms. The van der Waals surface area contributed by atoms with E-state index in [1.165, 1.54) is 12.8 Å². The van der Waals surface area contributed by atoms with Crippen LogP contribution < -0.4 is 19.7 Å². The van der Waals surface area contributed by atoms with Gasteiger partial charge in [0, 0.05) is 30.4 Å². The minimum Gasteiger partial charge on any atom is -0.497 e. The van der Waals surface area contributed by atoms with E-state index in [1.54, 1.807) is 44.7 Å². The molecule has 6 nitrogen and oxygen atoms in total. The minimum atomic E-state index is -0.199. The lowest BCUT2D eigenvalue weighted by Crippen LogP contribution is -2.39. The van der Waals surface area contributed by atoms with Gasteiger partial charge in [0.05, 0.1) is 19.9 Å². The molecule has 0 aliphatic carbocycles. The summed E-state index contributed by atoms with van der Waals surface area (Å²) in [6, 6.07) is 9.40. The number of rotatable bonds is 6. The maximum absolute atomic E-state index is 12.8. The lowest BCUT2D eigenvalue weighted by atomic mass is 10.00. The standard InChI is InChI=1S/C21H27N3O3/c1-4-16-7-5-6-12-24(16)20-13-15(10-11-22-20)21(25)23-18-14-17(26-2)8-9-19(18)27-3/h8-11,13-14,16H,4-7,12H2,1-3H3,(H,23,25). The van der Waals surface area contributed by atoms with Gasteiger partial charge in [-0.15, -0.1) is 0 Å². The molecule has 1 unspecified atom stereocenters. The molecule has 0 spiro atoms. The Labute approximate surface area is 160 Å². The van der Waals surface area contributed by atoms with Crippen LogP contribution in [-0.4, -0.2) is 37.7 Å². The van der Waals surface area contributed by atoms with Crippen molar-refractivity contribution in [2.45, 2.75) is 38.6 Å². The molecular formula is C21H27N3O3. The van der Waals surface area contributed by atoms with Crippen LogP contribution in [0.5, 0.6) is 11.5 Å². The van der Waals surface area contributed by atoms with E-state index in [2.05, 4.69) is 22.1 Å². The summed E-state index contributed by atoms with van der Waals surface area (Å²) in [5, 5.41) is 2.92. The van der Waals surface area contributed by atoms with Gasteiger partial charge in [-0.3, -0.25) is 4.79 Å². The van der Waals surface area contributed by atoms with Gasteiger partial charge in [0.15, 0.2) is 0 Å². The molecule has 1 aromatic carbocycles. The molecule has 3 rings (SSSR count). The summed E-state index contributed by atoms with van der Waals surface area (Å²) >= 11 is 0. The van der Waals surface area contributed by atoms with E-state index in [1.807, 2.05) is 6.07 Å². The van der Waals surface area contributed by atoms with Crippen molar-refractivity contribution in [3.63, 3.8) is 0 Å². The smallest absolute Gasteiger partial charge is 0.255 e. The molecule has 1 N–H and O–H groups in total. The number of aromatic nitrogens is 1. The highest BCUT2D eigenvalue weighted by atomic mass is 16.5. The molecule has 0 saturated carbocycles. The molecule has 1 fully saturated rings. The number of piperidine rings is 1.